The van der Waals surface area contributed by atoms with Gasteiger partial charge in [0.15, 0.2) is 0 Å². The lowest BCUT2D eigenvalue weighted by molar-refractivity contribution is 0.617. The van der Waals surface area contributed by atoms with Gasteiger partial charge >= 0.3 is 0 Å². The van der Waals surface area contributed by atoms with Crippen molar-refractivity contribution in [2.24, 2.45) is 0 Å². The van der Waals surface area contributed by atoms with Crippen molar-refractivity contribution in [3.8, 4) is 0 Å². The van der Waals surface area contributed by atoms with Gasteiger partial charge in [-0.3, -0.25) is 0 Å². The highest BCUT2D eigenvalue weighted by Crippen LogP contribution is 2.29. The SMILES string of the molecule is CCCCCCCCNc1nc(NC)nc2sc(C)cc12. The molecule has 0 saturated carbocycles. The Morgan fingerprint density at radius 3 is 2.62 bits per heavy atom. The first-order valence-electron chi connectivity index (χ1n) is 7.94. The Morgan fingerprint density at radius 1 is 1.10 bits per heavy atom. The lowest BCUT2D eigenvalue weighted by Gasteiger charge is -2.08. The summed E-state index contributed by atoms with van der Waals surface area (Å²) in [5.41, 5.74) is 0. The lowest BCUT2D eigenvalue weighted by atomic mass is 10.1. The number of fused-ring (bicyclic) bond motifs is 1. The zero-order valence-electron chi connectivity index (χ0n) is 13.3. The highest BCUT2D eigenvalue weighted by molar-refractivity contribution is 7.18. The van der Waals surface area contributed by atoms with Gasteiger partial charge in [-0.25, -0.2) is 4.98 Å². The van der Waals surface area contributed by atoms with Gasteiger partial charge in [0, 0.05) is 18.5 Å². The van der Waals surface area contributed by atoms with E-state index in [0.717, 1.165) is 22.6 Å². The summed E-state index contributed by atoms with van der Waals surface area (Å²) >= 11 is 1.72. The van der Waals surface area contributed by atoms with Gasteiger partial charge in [0.2, 0.25) is 5.95 Å². The first kappa shape index (κ1) is 16.0. The third-order valence-corrected chi connectivity index (χ3v) is 4.51. The molecule has 0 aliphatic carbocycles. The molecule has 4 nitrogen and oxygen atoms in total. The Morgan fingerprint density at radius 2 is 1.86 bits per heavy atom. The summed E-state index contributed by atoms with van der Waals surface area (Å²) in [6, 6.07) is 2.17. The minimum absolute atomic E-state index is 0.690. The number of aromatic nitrogens is 2. The number of nitrogens with one attached hydrogen (secondary N) is 2. The fourth-order valence-corrected chi connectivity index (χ4v) is 3.28. The Labute approximate surface area is 131 Å². The highest BCUT2D eigenvalue weighted by atomic mass is 32.1. The number of thiophene rings is 1. The first-order valence-corrected chi connectivity index (χ1v) is 8.76. The number of unbranched alkanes of at least 4 members (excludes halogenated alkanes) is 5. The molecule has 0 unspecified atom stereocenters. The summed E-state index contributed by atoms with van der Waals surface area (Å²) in [5, 5.41) is 7.66. The van der Waals surface area contributed by atoms with Crippen LogP contribution in [-0.2, 0) is 0 Å². The molecule has 0 aromatic carbocycles. The quantitative estimate of drug-likeness (QED) is 0.652. The molecule has 0 fully saturated rings. The zero-order chi connectivity index (χ0) is 15.1. The van der Waals surface area contributed by atoms with Crippen molar-refractivity contribution in [1.82, 2.24) is 9.97 Å². The molecule has 2 heterocycles. The molecule has 0 aliphatic heterocycles. The van der Waals surface area contributed by atoms with Crippen LogP contribution in [0.25, 0.3) is 10.2 Å². The van der Waals surface area contributed by atoms with Gasteiger partial charge < -0.3 is 10.6 Å². The zero-order valence-corrected chi connectivity index (χ0v) is 14.1. The van der Waals surface area contributed by atoms with Gasteiger partial charge in [-0.1, -0.05) is 39.0 Å². The molecule has 2 aromatic heterocycles. The molecule has 0 saturated heterocycles. The molecule has 0 amide bonds. The summed E-state index contributed by atoms with van der Waals surface area (Å²) < 4.78 is 0. The maximum atomic E-state index is 4.55. The van der Waals surface area contributed by atoms with Gasteiger partial charge in [-0.15, -0.1) is 11.3 Å². The maximum Gasteiger partial charge on any atom is 0.225 e. The monoisotopic (exact) mass is 306 g/mol. The predicted molar refractivity (Wildman–Crippen MR) is 93.6 cm³/mol. The number of nitrogens with zero attached hydrogens (tertiary/aromatic N) is 2. The van der Waals surface area contributed by atoms with Crippen molar-refractivity contribution in [1.29, 1.82) is 0 Å². The molecule has 2 rings (SSSR count). The first-order chi connectivity index (χ1) is 10.2. The van der Waals surface area contributed by atoms with Gasteiger partial charge in [-0.05, 0) is 19.4 Å². The van der Waals surface area contributed by atoms with Gasteiger partial charge in [-0.2, -0.15) is 4.98 Å². The van der Waals surface area contributed by atoms with Crippen LogP contribution in [0.4, 0.5) is 11.8 Å². The Hall–Kier alpha value is -1.36. The van der Waals surface area contributed by atoms with Gasteiger partial charge in [0.1, 0.15) is 10.6 Å². The number of rotatable bonds is 9. The van der Waals surface area contributed by atoms with Gasteiger partial charge in [0.25, 0.3) is 0 Å². The molecule has 116 valence electrons. The minimum Gasteiger partial charge on any atom is -0.369 e. The summed E-state index contributed by atoms with van der Waals surface area (Å²) in [6.07, 6.45) is 7.87. The second-order valence-electron chi connectivity index (χ2n) is 5.42. The van der Waals surface area contributed by atoms with Crippen LogP contribution in [0.2, 0.25) is 0 Å². The molecular formula is C16H26N4S. The second kappa shape index (κ2) is 8.17. The normalized spacial score (nSPS) is 11.0. The maximum absolute atomic E-state index is 4.55. The standard InChI is InChI=1S/C16H26N4S/c1-4-5-6-7-8-9-10-18-14-13-11-12(2)21-15(13)20-16(17-3)19-14/h11H,4-10H2,1-3H3,(H2,17,18,19,20). The Balaban J connectivity index is 1.91. The smallest absolute Gasteiger partial charge is 0.225 e. The molecule has 2 N–H and O–H groups in total. The molecule has 0 atom stereocenters. The van der Waals surface area contributed by atoms with E-state index in [9.17, 15) is 0 Å². The molecule has 0 bridgehead atoms. The Bertz CT molecular complexity index is 565. The van der Waals surface area contributed by atoms with Crippen LogP contribution in [0.5, 0.6) is 0 Å². The van der Waals surface area contributed by atoms with E-state index in [4.69, 9.17) is 0 Å². The number of anilines is 2. The van der Waals surface area contributed by atoms with E-state index < -0.39 is 0 Å². The average molecular weight is 306 g/mol. The van der Waals surface area contributed by atoms with Crippen LogP contribution in [0.1, 0.15) is 50.3 Å². The Kier molecular flexibility index (Phi) is 6.23. The van der Waals surface area contributed by atoms with E-state index in [-0.39, 0.29) is 0 Å². The van der Waals surface area contributed by atoms with Crippen molar-refractivity contribution in [3.05, 3.63) is 10.9 Å². The van der Waals surface area contributed by atoms with E-state index in [1.165, 1.54) is 43.4 Å². The van der Waals surface area contributed by atoms with Crippen LogP contribution < -0.4 is 10.6 Å². The summed E-state index contributed by atoms with van der Waals surface area (Å²) in [7, 11) is 1.86. The van der Waals surface area contributed by atoms with E-state index in [1.807, 2.05) is 7.05 Å². The molecule has 0 aliphatic rings. The summed E-state index contributed by atoms with van der Waals surface area (Å²) in [5.74, 6) is 1.65. The molecular weight excluding hydrogens is 280 g/mol. The molecule has 21 heavy (non-hydrogen) atoms. The molecule has 2 aromatic rings. The van der Waals surface area contributed by atoms with Crippen molar-refractivity contribution >= 4 is 33.3 Å². The second-order valence-corrected chi connectivity index (χ2v) is 6.65. The lowest BCUT2D eigenvalue weighted by Crippen LogP contribution is -2.06. The van der Waals surface area contributed by atoms with E-state index in [0.29, 0.717) is 5.95 Å². The molecule has 0 spiro atoms. The number of hydrogen-bond acceptors (Lipinski definition) is 5. The topological polar surface area (TPSA) is 49.8 Å². The molecule has 0 radical (unpaired) electrons. The van der Waals surface area contributed by atoms with Crippen LogP contribution in [0, 0.1) is 6.92 Å². The number of aryl methyl sites for hydroxylation is 1. The fourth-order valence-electron chi connectivity index (χ4n) is 2.40. The molecule has 5 heteroatoms. The van der Waals surface area contributed by atoms with Crippen LogP contribution in [-0.4, -0.2) is 23.6 Å². The summed E-state index contributed by atoms with van der Waals surface area (Å²) in [4.78, 5) is 11.4. The number of hydrogen-bond donors (Lipinski definition) is 2. The van der Waals surface area contributed by atoms with Gasteiger partial charge in [0.05, 0.1) is 5.39 Å². The largest absolute Gasteiger partial charge is 0.369 e. The predicted octanol–water partition coefficient (Wildman–Crippen LogP) is 4.81. The summed E-state index contributed by atoms with van der Waals surface area (Å²) in [6.45, 7) is 5.35. The average Bonchev–Trinajstić information content (AvgIpc) is 2.86. The van der Waals surface area contributed by atoms with Crippen LogP contribution in [0.3, 0.4) is 0 Å². The third kappa shape index (κ3) is 4.56. The van der Waals surface area contributed by atoms with E-state index in [2.05, 4.69) is 40.5 Å². The van der Waals surface area contributed by atoms with Crippen molar-refractivity contribution < 1.29 is 0 Å². The third-order valence-electron chi connectivity index (χ3n) is 3.56. The van der Waals surface area contributed by atoms with Crippen molar-refractivity contribution in [2.75, 3.05) is 24.2 Å². The van der Waals surface area contributed by atoms with E-state index in [1.54, 1.807) is 11.3 Å². The highest BCUT2D eigenvalue weighted by Gasteiger charge is 2.09. The van der Waals surface area contributed by atoms with Crippen molar-refractivity contribution in [2.45, 2.75) is 52.4 Å². The van der Waals surface area contributed by atoms with Crippen LogP contribution in [0.15, 0.2) is 6.07 Å². The van der Waals surface area contributed by atoms with Crippen molar-refractivity contribution in [3.63, 3.8) is 0 Å². The van der Waals surface area contributed by atoms with E-state index >= 15 is 0 Å². The minimum atomic E-state index is 0.690. The fraction of sp³-hybridized carbons (Fsp3) is 0.625. The van der Waals surface area contributed by atoms with Crippen LogP contribution >= 0.6 is 11.3 Å².